The van der Waals surface area contributed by atoms with Gasteiger partial charge in [-0.25, -0.2) is 9.97 Å². The van der Waals surface area contributed by atoms with Crippen LogP contribution >= 0.6 is 34.4 Å². The Balaban J connectivity index is 1.97. The van der Waals surface area contributed by atoms with Gasteiger partial charge in [0.2, 0.25) is 0 Å². The maximum atomic E-state index is 4.88. The molecule has 1 saturated heterocycles. The zero-order valence-corrected chi connectivity index (χ0v) is 13.6. The first-order valence-corrected chi connectivity index (χ1v) is 8.85. The lowest BCUT2D eigenvalue weighted by Crippen LogP contribution is -2.10. The van der Waals surface area contributed by atoms with Crippen molar-refractivity contribution in [1.29, 1.82) is 0 Å². The van der Waals surface area contributed by atoms with Crippen LogP contribution in [0.1, 0.15) is 55.3 Å². The zero-order valence-electron chi connectivity index (χ0n) is 10.6. The van der Waals surface area contributed by atoms with Gasteiger partial charge in [0.1, 0.15) is 11.6 Å². The van der Waals surface area contributed by atoms with E-state index in [0.29, 0.717) is 11.2 Å². The molecule has 0 bridgehead atoms. The van der Waals surface area contributed by atoms with Crippen LogP contribution in [0.3, 0.4) is 0 Å². The summed E-state index contributed by atoms with van der Waals surface area (Å²) < 4.78 is 1.24. The number of rotatable bonds is 4. The van der Waals surface area contributed by atoms with Crippen LogP contribution in [0.15, 0.2) is 0 Å². The normalized spacial score (nSPS) is 23.3. The zero-order chi connectivity index (χ0) is 12.5. The summed E-state index contributed by atoms with van der Waals surface area (Å²) in [5, 5.41) is 3.92. The minimum Gasteiger partial charge on any atom is -0.369 e. The van der Waals surface area contributed by atoms with Crippen LogP contribution in [0.2, 0.25) is 0 Å². The van der Waals surface area contributed by atoms with Gasteiger partial charge in [-0.2, -0.15) is 11.8 Å². The third-order valence-electron chi connectivity index (χ3n) is 3.42. The van der Waals surface area contributed by atoms with E-state index in [2.05, 4.69) is 34.8 Å². The van der Waals surface area contributed by atoms with Crippen LogP contribution in [-0.2, 0) is 0 Å². The molecule has 1 N–H and O–H groups in total. The summed E-state index contributed by atoms with van der Waals surface area (Å²) in [5.74, 6) is 4.07. The van der Waals surface area contributed by atoms with E-state index in [9.17, 15) is 0 Å². The maximum Gasteiger partial charge on any atom is 0.144 e. The highest BCUT2D eigenvalue weighted by atomic mass is 127. The monoisotopic (exact) mass is 375 g/mol. The van der Waals surface area contributed by atoms with E-state index in [4.69, 9.17) is 9.97 Å². The average Bonchev–Trinajstić information content (AvgIpc) is 3.06. The molecule has 1 aromatic heterocycles. The average molecular weight is 375 g/mol. The summed E-state index contributed by atoms with van der Waals surface area (Å²) in [6.07, 6.45) is 5.15. The van der Waals surface area contributed by atoms with Crippen LogP contribution in [0.25, 0.3) is 0 Å². The minimum absolute atomic E-state index is 0.525. The molecule has 3 nitrogen and oxygen atoms in total. The molecular weight excluding hydrogens is 357 g/mol. The Bertz CT molecular complexity index is 442. The fourth-order valence-corrected chi connectivity index (χ4v) is 4.40. The number of anilines is 1. The molecule has 1 aliphatic heterocycles. The molecule has 18 heavy (non-hydrogen) atoms. The predicted octanol–water partition coefficient (Wildman–Crippen LogP) is 3.96. The summed E-state index contributed by atoms with van der Waals surface area (Å²) in [4.78, 5) is 9.64. The highest BCUT2D eigenvalue weighted by Crippen LogP contribution is 2.44. The molecule has 0 aromatic carbocycles. The third kappa shape index (κ3) is 2.61. The highest BCUT2D eigenvalue weighted by molar-refractivity contribution is 14.1. The molecule has 5 heteroatoms. The second-order valence-corrected chi connectivity index (χ2v) is 7.33. The number of nitrogens with one attached hydrogen (secondary N) is 1. The van der Waals surface area contributed by atoms with Gasteiger partial charge in [0.15, 0.2) is 0 Å². The summed E-state index contributed by atoms with van der Waals surface area (Å²) in [7, 11) is 0. The van der Waals surface area contributed by atoms with Crippen molar-refractivity contribution in [1.82, 2.24) is 9.97 Å². The van der Waals surface area contributed by atoms with Crippen molar-refractivity contribution in [3.05, 3.63) is 15.1 Å². The van der Waals surface area contributed by atoms with Crippen molar-refractivity contribution in [2.75, 3.05) is 17.6 Å². The second kappa shape index (κ2) is 5.53. The van der Waals surface area contributed by atoms with Gasteiger partial charge in [0, 0.05) is 12.5 Å². The van der Waals surface area contributed by atoms with E-state index in [1.807, 2.05) is 11.8 Å². The number of aromatic nitrogens is 2. The minimum atomic E-state index is 0.525. The van der Waals surface area contributed by atoms with Gasteiger partial charge in [0.25, 0.3) is 0 Å². The first kappa shape index (κ1) is 13.0. The molecule has 1 atom stereocenters. The predicted molar refractivity (Wildman–Crippen MR) is 85.3 cm³/mol. The molecule has 0 spiro atoms. The van der Waals surface area contributed by atoms with Gasteiger partial charge >= 0.3 is 0 Å². The van der Waals surface area contributed by atoms with Crippen molar-refractivity contribution in [2.45, 2.75) is 43.8 Å². The van der Waals surface area contributed by atoms with E-state index < -0.39 is 0 Å². The summed E-state index contributed by atoms with van der Waals surface area (Å²) in [5.41, 5.74) is 1.30. The quantitative estimate of drug-likeness (QED) is 0.809. The first-order chi connectivity index (χ1) is 8.79. The van der Waals surface area contributed by atoms with E-state index in [1.54, 1.807) is 0 Å². The number of halogens is 1. The summed E-state index contributed by atoms with van der Waals surface area (Å²) in [6, 6.07) is 0. The smallest absolute Gasteiger partial charge is 0.144 e. The van der Waals surface area contributed by atoms with Crippen LogP contribution in [-0.4, -0.2) is 22.3 Å². The molecule has 98 valence electrons. The van der Waals surface area contributed by atoms with E-state index in [0.717, 1.165) is 18.2 Å². The van der Waals surface area contributed by atoms with Crippen LogP contribution in [0.4, 0.5) is 5.82 Å². The summed E-state index contributed by atoms with van der Waals surface area (Å²) in [6.45, 7) is 3.05. The van der Waals surface area contributed by atoms with Gasteiger partial charge in [-0.3, -0.25) is 0 Å². The molecule has 0 radical (unpaired) electrons. The van der Waals surface area contributed by atoms with Gasteiger partial charge in [-0.05, 0) is 61.0 Å². The first-order valence-electron chi connectivity index (χ1n) is 6.72. The fraction of sp³-hybridized carbons (Fsp3) is 0.692. The molecule has 2 aliphatic rings. The molecule has 1 saturated carbocycles. The molecular formula is C13H18IN3S. The van der Waals surface area contributed by atoms with Crippen LogP contribution in [0.5, 0.6) is 0 Å². The number of nitrogens with zero attached hydrogens (tertiary/aromatic N) is 2. The Labute approximate surface area is 126 Å². The standard InChI is InChI=1S/C13H18IN3S/c1-2-15-13-10(14)11(8-5-6-8)16-12(17-13)9-4-3-7-18-9/h8-9H,2-7H2,1H3,(H,15,16,17). The van der Waals surface area contributed by atoms with Crippen LogP contribution in [0, 0.1) is 3.57 Å². The topological polar surface area (TPSA) is 37.8 Å². The van der Waals surface area contributed by atoms with Gasteiger partial charge in [-0.15, -0.1) is 0 Å². The fourth-order valence-electron chi connectivity index (χ4n) is 2.32. The van der Waals surface area contributed by atoms with Gasteiger partial charge in [0.05, 0.1) is 14.5 Å². The van der Waals surface area contributed by atoms with E-state index >= 15 is 0 Å². The Morgan fingerprint density at radius 1 is 1.33 bits per heavy atom. The van der Waals surface area contributed by atoms with E-state index in [-0.39, 0.29) is 0 Å². The Morgan fingerprint density at radius 3 is 2.78 bits per heavy atom. The largest absolute Gasteiger partial charge is 0.369 e. The van der Waals surface area contributed by atoms with Crippen molar-refractivity contribution in [2.24, 2.45) is 0 Å². The van der Waals surface area contributed by atoms with E-state index in [1.165, 1.54) is 40.7 Å². The molecule has 1 unspecified atom stereocenters. The SMILES string of the molecule is CCNc1nc(C2CCCS2)nc(C2CC2)c1I. The molecule has 2 heterocycles. The van der Waals surface area contributed by atoms with Crippen molar-refractivity contribution in [3.8, 4) is 0 Å². The molecule has 1 aromatic rings. The highest BCUT2D eigenvalue weighted by Gasteiger charge is 2.31. The van der Waals surface area contributed by atoms with Crippen molar-refractivity contribution >= 4 is 40.2 Å². The maximum absolute atomic E-state index is 4.88. The van der Waals surface area contributed by atoms with Crippen LogP contribution < -0.4 is 5.32 Å². The lowest BCUT2D eigenvalue weighted by molar-refractivity contribution is 0.762. The number of thioether (sulfide) groups is 1. The Hall–Kier alpha value is -0.0400. The Morgan fingerprint density at radius 2 is 2.17 bits per heavy atom. The molecule has 2 fully saturated rings. The lowest BCUT2D eigenvalue weighted by atomic mass is 10.2. The van der Waals surface area contributed by atoms with Gasteiger partial charge < -0.3 is 5.32 Å². The lowest BCUT2D eigenvalue weighted by Gasteiger charge is -2.14. The summed E-state index contributed by atoms with van der Waals surface area (Å²) >= 11 is 4.42. The number of hydrogen-bond acceptors (Lipinski definition) is 4. The third-order valence-corrected chi connectivity index (χ3v) is 5.86. The second-order valence-electron chi connectivity index (χ2n) is 4.94. The molecule has 1 aliphatic carbocycles. The van der Waals surface area contributed by atoms with Crippen molar-refractivity contribution in [3.63, 3.8) is 0 Å². The number of hydrogen-bond donors (Lipinski definition) is 1. The Kier molecular flexibility index (Phi) is 3.98. The molecule has 0 amide bonds. The molecule has 3 rings (SSSR count). The van der Waals surface area contributed by atoms with Gasteiger partial charge in [-0.1, -0.05) is 0 Å². The van der Waals surface area contributed by atoms with Crippen molar-refractivity contribution < 1.29 is 0 Å².